The third-order valence-corrected chi connectivity index (χ3v) is 3.71. The van der Waals surface area contributed by atoms with Gasteiger partial charge in [0.25, 0.3) is 5.91 Å². The molecule has 0 unspecified atom stereocenters. The Bertz CT molecular complexity index is 467. The predicted molar refractivity (Wildman–Crippen MR) is 81.3 cm³/mol. The monoisotopic (exact) mass is 276 g/mol. The lowest BCUT2D eigenvalue weighted by Crippen LogP contribution is -2.36. The third kappa shape index (κ3) is 4.03. The summed E-state index contributed by atoms with van der Waals surface area (Å²) in [6, 6.07) is 7.85. The van der Waals surface area contributed by atoms with Crippen LogP contribution in [0.1, 0.15) is 48.0 Å². The molecule has 1 aliphatic carbocycles. The summed E-state index contributed by atoms with van der Waals surface area (Å²) in [7, 11) is 0. The van der Waals surface area contributed by atoms with Gasteiger partial charge >= 0.3 is 0 Å². The van der Waals surface area contributed by atoms with Crippen LogP contribution in [0.25, 0.3) is 0 Å². The molecule has 1 aromatic carbocycles. The fourth-order valence-electron chi connectivity index (χ4n) is 2.59. The summed E-state index contributed by atoms with van der Waals surface area (Å²) in [6.07, 6.45) is 6.35. The normalized spacial score (nSPS) is 16.0. The summed E-state index contributed by atoms with van der Waals surface area (Å²) in [4.78, 5) is 12.7. The highest BCUT2D eigenvalue weighted by Gasteiger charge is 2.18. The summed E-state index contributed by atoms with van der Waals surface area (Å²) in [5, 5.41) is 3.13. The molecule has 0 radical (unpaired) electrons. The van der Waals surface area contributed by atoms with Crippen LogP contribution in [0.5, 0.6) is 0 Å². The van der Waals surface area contributed by atoms with Gasteiger partial charge in [0.2, 0.25) is 0 Å². The molecular weight excluding hydrogens is 256 g/mol. The van der Waals surface area contributed by atoms with Crippen molar-refractivity contribution in [3.8, 4) is 0 Å². The molecule has 19 heavy (non-hydrogen) atoms. The van der Waals surface area contributed by atoms with Crippen molar-refractivity contribution in [3.05, 3.63) is 35.4 Å². The minimum atomic E-state index is -0.00116. The van der Waals surface area contributed by atoms with Crippen molar-refractivity contribution in [1.29, 1.82) is 0 Å². The summed E-state index contributed by atoms with van der Waals surface area (Å²) in [6.45, 7) is 0. The molecule has 3 N–H and O–H groups in total. The fourth-order valence-corrected chi connectivity index (χ4v) is 2.75. The molecule has 0 heterocycles. The number of amides is 1. The molecule has 2 rings (SSSR count). The zero-order chi connectivity index (χ0) is 13.7. The number of carbonyl (C=O) groups is 1. The van der Waals surface area contributed by atoms with Gasteiger partial charge in [-0.3, -0.25) is 4.79 Å². The topological polar surface area (TPSA) is 55.1 Å². The van der Waals surface area contributed by atoms with Gasteiger partial charge in [-0.1, -0.05) is 49.7 Å². The maximum atomic E-state index is 12.3. The summed E-state index contributed by atoms with van der Waals surface area (Å²) >= 11 is 4.93. The molecule has 0 bridgehead atoms. The quantitative estimate of drug-likeness (QED) is 0.831. The van der Waals surface area contributed by atoms with Gasteiger partial charge in [0, 0.05) is 18.0 Å². The first-order valence-corrected chi connectivity index (χ1v) is 7.24. The zero-order valence-corrected chi connectivity index (χ0v) is 11.8. The number of thiocarbonyl (C=S) groups is 1. The van der Waals surface area contributed by atoms with Crippen LogP contribution in [0.15, 0.2) is 24.3 Å². The van der Waals surface area contributed by atoms with Crippen molar-refractivity contribution in [2.45, 2.75) is 44.6 Å². The minimum absolute atomic E-state index is 0.00116. The van der Waals surface area contributed by atoms with E-state index in [9.17, 15) is 4.79 Å². The molecule has 0 spiro atoms. The van der Waals surface area contributed by atoms with E-state index in [4.69, 9.17) is 18.0 Å². The number of carbonyl (C=O) groups excluding carboxylic acids is 1. The van der Waals surface area contributed by atoms with E-state index < -0.39 is 0 Å². The van der Waals surface area contributed by atoms with Gasteiger partial charge in [-0.2, -0.15) is 0 Å². The van der Waals surface area contributed by atoms with Crippen LogP contribution < -0.4 is 11.1 Å². The standard InChI is InChI=1S/C15H20N2OS/c16-14(19)10-11-6-4-5-9-13(11)15(18)17-12-7-2-1-3-8-12/h4-6,9,12H,1-3,7-8,10H2,(H2,16,19)(H,17,18). The Morgan fingerprint density at radius 3 is 2.63 bits per heavy atom. The van der Waals surface area contributed by atoms with E-state index in [1.165, 1.54) is 19.3 Å². The van der Waals surface area contributed by atoms with Crippen molar-refractivity contribution in [2.24, 2.45) is 5.73 Å². The third-order valence-electron chi connectivity index (χ3n) is 3.57. The molecule has 0 aliphatic heterocycles. The number of benzene rings is 1. The first-order chi connectivity index (χ1) is 9.16. The van der Waals surface area contributed by atoms with Crippen LogP contribution in [0, 0.1) is 0 Å². The van der Waals surface area contributed by atoms with Gasteiger partial charge in [-0.25, -0.2) is 0 Å². The Hall–Kier alpha value is -1.42. The molecule has 0 atom stereocenters. The number of hydrogen-bond acceptors (Lipinski definition) is 2. The van der Waals surface area contributed by atoms with Crippen LogP contribution in [0.2, 0.25) is 0 Å². The highest BCUT2D eigenvalue weighted by Crippen LogP contribution is 2.18. The maximum absolute atomic E-state index is 12.3. The van der Waals surface area contributed by atoms with E-state index in [1.54, 1.807) is 0 Å². The molecule has 4 heteroatoms. The van der Waals surface area contributed by atoms with E-state index in [1.807, 2.05) is 24.3 Å². The van der Waals surface area contributed by atoms with E-state index in [0.717, 1.165) is 18.4 Å². The molecule has 1 amide bonds. The smallest absolute Gasteiger partial charge is 0.251 e. The average Bonchev–Trinajstić information content (AvgIpc) is 2.39. The second-order valence-electron chi connectivity index (χ2n) is 5.11. The van der Waals surface area contributed by atoms with Crippen molar-refractivity contribution < 1.29 is 4.79 Å². The molecule has 3 nitrogen and oxygen atoms in total. The average molecular weight is 276 g/mol. The number of rotatable bonds is 4. The summed E-state index contributed by atoms with van der Waals surface area (Å²) < 4.78 is 0. The van der Waals surface area contributed by atoms with Crippen LogP contribution in [0.3, 0.4) is 0 Å². The van der Waals surface area contributed by atoms with Crippen molar-refractivity contribution in [3.63, 3.8) is 0 Å². The van der Waals surface area contributed by atoms with Gasteiger partial charge in [-0.05, 0) is 24.5 Å². The van der Waals surface area contributed by atoms with Crippen LogP contribution in [0.4, 0.5) is 0 Å². The molecule has 1 saturated carbocycles. The van der Waals surface area contributed by atoms with Gasteiger partial charge in [0.05, 0.1) is 4.99 Å². The minimum Gasteiger partial charge on any atom is -0.393 e. The van der Waals surface area contributed by atoms with Gasteiger partial charge in [0.1, 0.15) is 0 Å². The first kappa shape index (κ1) is 14.0. The molecule has 1 aromatic rings. The van der Waals surface area contributed by atoms with Crippen LogP contribution in [-0.2, 0) is 6.42 Å². The van der Waals surface area contributed by atoms with Crippen molar-refractivity contribution in [2.75, 3.05) is 0 Å². The molecule has 102 valence electrons. The van der Waals surface area contributed by atoms with E-state index in [-0.39, 0.29) is 5.91 Å². The Balaban J connectivity index is 2.07. The molecule has 1 fully saturated rings. The van der Waals surface area contributed by atoms with Crippen molar-refractivity contribution in [1.82, 2.24) is 5.32 Å². The lowest BCUT2D eigenvalue weighted by molar-refractivity contribution is 0.0927. The van der Waals surface area contributed by atoms with E-state index in [2.05, 4.69) is 5.32 Å². The molecule has 1 aliphatic rings. The van der Waals surface area contributed by atoms with Gasteiger partial charge < -0.3 is 11.1 Å². The Kier molecular flexibility index (Phi) is 4.91. The lowest BCUT2D eigenvalue weighted by atomic mass is 9.95. The molecular formula is C15H20N2OS. The Labute approximate surface area is 119 Å². The summed E-state index contributed by atoms with van der Waals surface area (Å²) in [5.74, 6) is -0.00116. The molecule has 0 saturated heterocycles. The van der Waals surface area contributed by atoms with Crippen molar-refractivity contribution >= 4 is 23.1 Å². The highest BCUT2D eigenvalue weighted by atomic mass is 32.1. The first-order valence-electron chi connectivity index (χ1n) is 6.84. The van der Waals surface area contributed by atoms with Crippen LogP contribution in [-0.4, -0.2) is 16.9 Å². The fraction of sp³-hybridized carbons (Fsp3) is 0.467. The summed E-state index contributed by atoms with van der Waals surface area (Å²) in [5.41, 5.74) is 7.18. The predicted octanol–water partition coefficient (Wildman–Crippen LogP) is 2.58. The second kappa shape index (κ2) is 6.66. The van der Waals surface area contributed by atoms with E-state index in [0.29, 0.717) is 23.0 Å². The second-order valence-corrected chi connectivity index (χ2v) is 5.63. The number of nitrogens with one attached hydrogen (secondary N) is 1. The maximum Gasteiger partial charge on any atom is 0.251 e. The van der Waals surface area contributed by atoms with Crippen LogP contribution >= 0.6 is 12.2 Å². The Morgan fingerprint density at radius 1 is 1.26 bits per heavy atom. The lowest BCUT2D eigenvalue weighted by Gasteiger charge is -2.23. The zero-order valence-electron chi connectivity index (χ0n) is 11.0. The Morgan fingerprint density at radius 2 is 1.95 bits per heavy atom. The number of hydrogen-bond donors (Lipinski definition) is 2. The SMILES string of the molecule is NC(=S)Cc1ccccc1C(=O)NC1CCCCC1. The van der Waals surface area contributed by atoms with Gasteiger partial charge in [-0.15, -0.1) is 0 Å². The van der Waals surface area contributed by atoms with Gasteiger partial charge in [0.15, 0.2) is 0 Å². The van der Waals surface area contributed by atoms with E-state index >= 15 is 0 Å². The largest absolute Gasteiger partial charge is 0.393 e. The number of nitrogens with two attached hydrogens (primary N) is 1. The molecule has 0 aromatic heterocycles. The highest BCUT2D eigenvalue weighted by molar-refractivity contribution is 7.80.